The summed E-state index contributed by atoms with van der Waals surface area (Å²) in [6.07, 6.45) is 6.68. The van der Waals surface area contributed by atoms with Gasteiger partial charge in [0, 0.05) is 51.4 Å². The minimum absolute atomic E-state index is 0. The normalized spacial score (nSPS) is 21.0. The van der Waals surface area contributed by atoms with Crippen LogP contribution in [-0.4, -0.2) is 49.0 Å². The lowest BCUT2D eigenvalue weighted by atomic mass is 10.2. The lowest BCUT2D eigenvalue weighted by molar-refractivity contribution is -0.114. The number of guanidine groups is 1. The number of nitrogens with one attached hydrogen (secondary N) is 3. The second-order valence-corrected chi connectivity index (χ2v) is 7.37. The van der Waals surface area contributed by atoms with Gasteiger partial charge in [0.2, 0.25) is 5.91 Å². The molecule has 3 rings (SSSR count). The molecule has 1 saturated carbocycles. The first-order valence-corrected chi connectivity index (χ1v) is 9.72. The van der Waals surface area contributed by atoms with Gasteiger partial charge in [-0.05, 0) is 37.0 Å². The average molecular weight is 485 g/mol. The summed E-state index contributed by atoms with van der Waals surface area (Å²) in [6.45, 7) is 4.50. The standard InChI is InChI=1S/C20H31N5O.HI/c1-15(26)23-17-7-5-6-16(12-17)13-22-20(21-2)24-18-10-11-25(14-18)19-8-3-4-9-19;/h5-7,12,18-19H,3-4,8-11,13-14H2,1-2H3,(H,23,26)(H2,21,22,24);1H. The number of halogens is 1. The Morgan fingerprint density at radius 2 is 2.04 bits per heavy atom. The molecule has 6 nitrogen and oxygen atoms in total. The van der Waals surface area contributed by atoms with Crippen molar-refractivity contribution in [3.8, 4) is 0 Å². The van der Waals surface area contributed by atoms with Crippen LogP contribution in [0.2, 0.25) is 0 Å². The van der Waals surface area contributed by atoms with Gasteiger partial charge in [-0.25, -0.2) is 0 Å². The largest absolute Gasteiger partial charge is 0.352 e. The van der Waals surface area contributed by atoms with Crippen molar-refractivity contribution < 1.29 is 4.79 Å². The number of hydrogen-bond acceptors (Lipinski definition) is 3. The van der Waals surface area contributed by atoms with Gasteiger partial charge in [0.25, 0.3) is 0 Å². The van der Waals surface area contributed by atoms with Gasteiger partial charge >= 0.3 is 0 Å². The molecule has 2 aliphatic rings. The minimum atomic E-state index is -0.0550. The highest BCUT2D eigenvalue weighted by molar-refractivity contribution is 14.0. The summed E-state index contributed by atoms with van der Waals surface area (Å²) >= 11 is 0. The maximum atomic E-state index is 11.2. The van der Waals surface area contributed by atoms with Gasteiger partial charge in [0.1, 0.15) is 0 Å². The molecular weight excluding hydrogens is 453 g/mol. The van der Waals surface area contributed by atoms with E-state index in [4.69, 9.17) is 0 Å². The van der Waals surface area contributed by atoms with Crippen LogP contribution in [0.15, 0.2) is 29.3 Å². The first-order chi connectivity index (χ1) is 12.6. The van der Waals surface area contributed by atoms with Crippen LogP contribution < -0.4 is 16.0 Å². The lowest BCUT2D eigenvalue weighted by Crippen LogP contribution is -2.45. The molecular formula is C20H32IN5O. The Morgan fingerprint density at radius 3 is 2.74 bits per heavy atom. The van der Waals surface area contributed by atoms with Crippen molar-refractivity contribution in [1.82, 2.24) is 15.5 Å². The fraction of sp³-hybridized carbons (Fsp3) is 0.600. The number of likely N-dealkylation sites (tertiary alicyclic amines) is 1. The van der Waals surface area contributed by atoms with Gasteiger partial charge in [-0.15, -0.1) is 24.0 Å². The summed E-state index contributed by atoms with van der Waals surface area (Å²) in [5.74, 6) is 0.786. The van der Waals surface area contributed by atoms with E-state index in [2.05, 4.69) is 25.8 Å². The quantitative estimate of drug-likeness (QED) is 0.341. The zero-order valence-corrected chi connectivity index (χ0v) is 18.7. The predicted octanol–water partition coefficient (Wildman–Crippen LogP) is 2.94. The van der Waals surface area contributed by atoms with E-state index < -0.39 is 0 Å². The van der Waals surface area contributed by atoms with Crippen LogP contribution >= 0.6 is 24.0 Å². The highest BCUT2D eigenvalue weighted by Crippen LogP contribution is 2.26. The molecule has 0 radical (unpaired) electrons. The number of carbonyl (C=O) groups is 1. The minimum Gasteiger partial charge on any atom is -0.352 e. The molecule has 1 unspecified atom stereocenters. The molecule has 1 atom stereocenters. The van der Waals surface area contributed by atoms with E-state index >= 15 is 0 Å². The molecule has 1 saturated heterocycles. The number of amides is 1. The molecule has 1 heterocycles. The molecule has 1 aromatic carbocycles. The van der Waals surface area contributed by atoms with Gasteiger partial charge < -0.3 is 16.0 Å². The Morgan fingerprint density at radius 1 is 1.26 bits per heavy atom. The molecule has 3 N–H and O–H groups in total. The van der Waals surface area contributed by atoms with Gasteiger partial charge in [-0.1, -0.05) is 25.0 Å². The molecule has 0 aromatic heterocycles. The number of benzene rings is 1. The third-order valence-electron chi connectivity index (χ3n) is 5.33. The molecule has 1 aliphatic carbocycles. The van der Waals surface area contributed by atoms with Crippen LogP contribution in [0.3, 0.4) is 0 Å². The highest BCUT2D eigenvalue weighted by atomic mass is 127. The SMILES string of the molecule is CN=C(NCc1cccc(NC(C)=O)c1)NC1CCN(C2CCCC2)C1.I. The topological polar surface area (TPSA) is 68.8 Å². The summed E-state index contributed by atoms with van der Waals surface area (Å²) < 4.78 is 0. The van der Waals surface area contributed by atoms with Gasteiger partial charge in [-0.3, -0.25) is 14.7 Å². The first kappa shape index (κ1) is 21.9. The molecule has 1 aliphatic heterocycles. The summed E-state index contributed by atoms with van der Waals surface area (Å²) in [6, 6.07) is 9.14. The van der Waals surface area contributed by atoms with Crippen molar-refractivity contribution in [2.75, 3.05) is 25.5 Å². The molecule has 0 spiro atoms. The lowest BCUT2D eigenvalue weighted by Gasteiger charge is -2.24. The number of aliphatic imine (C=N–C) groups is 1. The smallest absolute Gasteiger partial charge is 0.221 e. The van der Waals surface area contributed by atoms with Crippen molar-refractivity contribution in [3.63, 3.8) is 0 Å². The van der Waals surface area contributed by atoms with Crippen molar-refractivity contribution in [3.05, 3.63) is 29.8 Å². The van der Waals surface area contributed by atoms with Crippen LogP contribution in [-0.2, 0) is 11.3 Å². The van der Waals surface area contributed by atoms with E-state index in [-0.39, 0.29) is 29.9 Å². The Kier molecular flexibility index (Phi) is 8.82. The fourth-order valence-electron chi connectivity index (χ4n) is 4.04. The third kappa shape index (κ3) is 6.64. The van der Waals surface area contributed by atoms with E-state index in [1.165, 1.54) is 45.6 Å². The van der Waals surface area contributed by atoms with E-state index in [9.17, 15) is 4.79 Å². The molecule has 27 heavy (non-hydrogen) atoms. The van der Waals surface area contributed by atoms with Gasteiger partial charge in [-0.2, -0.15) is 0 Å². The van der Waals surface area contributed by atoms with Crippen LogP contribution in [0.1, 0.15) is 44.6 Å². The van der Waals surface area contributed by atoms with Crippen LogP contribution in [0.4, 0.5) is 5.69 Å². The molecule has 7 heteroatoms. The predicted molar refractivity (Wildman–Crippen MR) is 122 cm³/mol. The maximum absolute atomic E-state index is 11.2. The number of hydrogen-bond donors (Lipinski definition) is 3. The molecule has 150 valence electrons. The van der Waals surface area contributed by atoms with E-state index in [0.29, 0.717) is 12.6 Å². The van der Waals surface area contributed by atoms with Crippen LogP contribution in [0.25, 0.3) is 0 Å². The average Bonchev–Trinajstić information content (AvgIpc) is 3.29. The van der Waals surface area contributed by atoms with Crippen molar-refractivity contribution in [2.24, 2.45) is 4.99 Å². The summed E-state index contributed by atoms with van der Waals surface area (Å²) in [5, 5.41) is 9.77. The second-order valence-electron chi connectivity index (χ2n) is 7.37. The maximum Gasteiger partial charge on any atom is 0.221 e. The Bertz CT molecular complexity index is 645. The summed E-state index contributed by atoms with van der Waals surface area (Å²) in [7, 11) is 1.81. The molecule has 0 bridgehead atoms. The number of carbonyl (C=O) groups excluding carboxylic acids is 1. The fourth-order valence-corrected chi connectivity index (χ4v) is 4.04. The number of nitrogens with zero attached hydrogens (tertiary/aromatic N) is 2. The zero-order valence-electron chi connectivity index (χ0n) is 16.3. The van der Waals surface area contributed by atoms with Crippen LogP contribution in [0, 0.1) is 0 Å². The number of anilines is 1. The summed E-state index contributed by atoms with van der Waals surface area (Å²) in [4.78, 5) is 18.2. The number of rotatable bonds is 5. The van der Waals surface area contributed by atoms with Crippen LogP contribution in [0.5, 0.6) is 0 Å². The van der Waals surface area contributed by atoms with E-state index in [0.717, 1.165) is 29.8 Å². The molecule has 1 amide bonds. The monoisotopic (exact) mass is 485 g/mol. The Labute approximate surface area is 179 Å². The Hall–Kier alpha value is -1.35. The van der Waals surface area contributed by atoms with Gasteiger partial charge in [0.15, 0.2) is 5.96 Å². The first-order valence-electron chi connectivity index (χ1n) is 9.72. The Balaban J connectivity index is 0.00000261. The zero-order chi connectivity index (χ0) is 18.4. The molecule has 2 fully saturated rings. The van der Waals surface area contributed by atoms with Gasteiger partial charge in [0.05, 0.1) is 0 Å². The highest BCUT2D eigenvalue weighted by Gasteiger charge is 2.30. The second kappa shape index (κ2) is 10.8. The van der Waals surface area contributed by atoms with E-state index in [1.807, 2.05) is 31.3 Å². The van der Waals surface area contributed by atoms with E-state index in [1.54, 1.807) is 0 Å². The molecule has 1 aromatic rings. The third-order valence-corrected chi connectivity index (χ3v) is 5.33. The van der Waals surface area contributed by atoms with Crippen molar-refractivity contribution in [2.45, 2.75) is 57.7 Å². The van der Waals surface area contributed by atoms with Crippen molar-refractivity contribution >= 4 is 41.5 Å². The summed E-state index contributed by atoms with van der Waals surface area (Å²) in [5.41, 5.74) is 1.93. The van der Waals surface area contributed by atoms with Crippen molar-refractivity contribution in [1.29, 1.82) is 0 Å².